The van der Waals surface area contributed by atoms with Crippen LogP contribution >= 0.6 is 0 Å². The van der Waals surface area contributed by atoms with Crippen molar-refractivity contribution in [3.05, 3.63) is 30.0 Å². The molecule has 1 saturated heterocycles. The van der Waals surface area contributed by atoms with Gasteiger partial charge in [0.2, 0.25) is 5.95 Å². The Morgan fingerprint density at radius 2 is 1.81 bits per heavy atom. The Hall–Kier alpha value is -2.54. The van der Waals surface area contributed by atoms with Gasteiger partial charge in [-0.2, -0.15) is 4.98 Å². The van der Waals surface area contributed by atoms with E-state index in [4.69, 9.17) is 14.5 Å². The number of nitrogens with zero attached hydrogens (tertiary/aromatic N) is 4. The third kappa shape index (κ3) is 4.16. The van der Waals surface area contributed by atoms with Crippen LogP contribution in [-0.4, -0.2) is 61.8 Å². The third-order valence-electron chi connectivity index (χ3n) is 4.61. The molecule has 0 unspecified atom stereocenters. The van der Waals surface area contributed by atoms with E-state index in [9.17, 15) is 0 Å². The van der Waals surface area contributed by atoms with Gasteiger partial charge >= 0.3 is 0 Å². The van der Waals surface area contributed by atoms with E-state index in [1.54, 1.807) is 14.2 Å². The first kappa shape index (κ1) is 18.3. The van der Waals surface area contributed by atoms with E-state index in [-0.39, 0.29) is 0 Å². The Kier molecular flexibility index (Phi) is 5.78. The number of ether oxygens (including phenoxy) is 2. The van der Waals surface area contributed by atoms with E-state index in [2.05, 4.69) is 27.0 Å². The summed E-state index contributed by atoms with van der Waals surface area (Å²) in [5.74, 6) is 3.01. The standard InChI is InChI=1S/C19H27N5O2/c1-5-23-8-10-24(11-9-23)19-20-14(2)12-18(22-19)21-16-13-15(25-3)6-7-17(16)26-4/h6-7,12-13H,5,8-11H2,1-4H3,(H,20,21,22). The van der Waals surface area contributed by atoms with Crippen LogP contribution in [0, 0.1) is 6.92 Å². The van der Waals surface area contributed by atoms with E-state index in [0.717, 1.165) is 67.4 Å². The number of nitrogens with one attached hydrogen (secondary N) is 1. The number of hydrogen-bond donors (Lipinski definition) is 1. The number of aromatic nitrogens is 2. The highest BCUT2D eigenvalue weighted by molar-refractivity contribution is 5.67. The van der Waals surface area contributed by atoms with Crippen LogP contribution in [0.2, 0.25) is 0 Å². The second-order valence-corrected chi connectivity index (χ2v) is 6.31. The summed E-state index contributed by atoms with van der Waals surface area (Å²) in [4.78, 5) is 14.0. The molecule has 2 heterocycles. The average Bonchev–Trinajstić information content (AvgIpc) is 2.67. The van der Waals surface area contributed by atoms with Gasteiger partial charge in [-0.25, -0.2) is 4.98 Å². The Morgan fingerprint density at radius 3 is 2.46 bits per heavy atom. The molecular weight excluding hydrogens is 330 g/mol. The van der Waals surface area contributed by atoms with Crippen molar-refractivity contribution in [1.82, 2.24) is 14.9 Å². The minimum Gasteiger partial charge on any atom is -0.497 e. The summed E-state index contributed by atoms with van der Waals surface area (Å²) in [7, 11) is 3.30. The molecule has 1 aromatic carbocycles. The molecule has 26 heavy (non-hydrogen) atoms. The van der Waals surface area contributed by atoms with Crippen molar-refractivity contribution in [2.24, 2.45) is 0 Å². The maximum Gasteiger partial charge on any atom is 0.227 e. The normalized spacial score (nSPS) is 15.0. The van der Waals surface area contributed by atoms with Crippen molar-refractivity contribution < 1.29 is 9.47 Å². The molecule has 1 aromatic heterocycles. The second-order valence-electron chi connectivity index (χ2n) is 6.31. The molecule has 0 radical (unpaired) electrons. The highest BCUT2D eigenvalue weighted by Crippen LogP contribution is 2.31. The zero-order valence-corrected chi connectivity index (χ0v) is 16.0. The van der Waals surface area contributed by atoms with Crippen LogP contribution < -0.4 is 19.7 Å². The lowest BCUT2D eigenvalue weighted by molar-refractivity contribution is 0.270. The maximum absolute atomic E-state index is 5.44. The fraction of sp³-hybridized carbons (Fsp3) is 0.474. The number of likely N-dealkylation sites (N-methyl/N-ethyl adjacent to an activating group) is 1. The van der Waals surface area contributed by atoms with E-state index < -0.39 is 0 Å². The summed E-state index contributed by atoms with van der Waals surface area (Å²) in [5.41, 5.74) is 1.74. The van der Waals surface area contributed by atoms with Crippen molar-refractivity contribution in [3.8, 4) is 11.5 Å². The summed E-state index contributed by atoms with van der Waals surface area (Å²) in [6, 6.07) is 7.58. The van der Waals surface area contributed by atoms with Gasteiger partial charge in [0.1, 0.15) is 17.3 Å². The molecule has 1 aliphatic heterocycles. The van der Waals surface area contributed by atoms with Gasteiger partial charge in [-0.15, -0.1) is 0 Å². The molecule has 2 aromatic rings. The predicted octanol–water partition coefficient (Wildman–Crippen LogP) is 2.69. The first-order chi connectivity index (χ1) is 12.6. The molecule has 0 spiro atoms. The zero-order chi connectivity index (χ0) is 18.5. The molecule has 140 valence electrons. The van der Waals surface area contributed by atoms with Gasteiger partial charge in [0.05, 0.1) is 19.9 Å². The summed E-state index contributed by atoms with van der Waals surface area (Å²) in [5, 5.41) is 3.35. The zero-order valence-electron chi connectivity index (χ0n) is 16.0. The van der Waals surface area contributed by atoms with Gasteiger partial charge < -0.3 is 24.6 Å². The van der Waals surface area contributed by atoms with Gasteiger partial charge in [0, 0.05) is 44.0 Å². The number of benzene rings is 1. The minimum atomic E-state index is 0.736. The van der Waals surface area contributed by atoms with Gasteiger partial charge in [-0.05, 0) is 25.6 Å². The molecule has 7 heteroatoms. The first-order valence-electron chi connectivity index (χ1n) is 8.95. The molecule has 1 N–H and O–H groups in total. The molecule has 0 bridgehead atoms. The molecule has 3 rings (SSSR count). The Labute approximate surface area is 155 Å². The lowest BCUT2D eigenvalue weighted by Gasteiger charge is -2.34. The highest BCUT2D eigenvalue weighted by atomic mass is 16.5. The smallest absolute Gasteiger partial charge is 0.227 e. The van der Waals surface area contributed by atoms with Crippen molar-refractivity contribution in [1.29, 1.82) is 0 Å². The average molecular weight is 357 g/mol. The fourth-order valence-electron chi connectivity index (χ4n) is 3.07. The number of rotatable bonds is 6. The topological polar surface area (TPSA) is 62.8 Å². The summed E-state index contributed by atoms with van der Waals surface area (Å²) < 4.78 is 10.8. The molecule has 1 fully saturated rings. The van der Waals surface area contributed by atoms with Crippen molar-refractivity contribution in [3.63, 3.8) is 0 Å². The molecule has 7 nitrogen and oxygen atoms in total. The van der Waals surface area contributed by atoms with Crippen LogP contribution in [0.1, 0.15) is 12.6 Å². The van der Waals surface area contributed by atoms with E-state index >= 15 is 0 Å². The lowest BCUT2D eigenvalue weighted by Crippen LogP contribution is -2.46. The minimum absolute atomic E-state index is 0.736. The number of hydrogen-bond acceptors (Lipinski definition) is 7. The van der Waals surface area contributed by atoms with Crippen molar-refractivity contribution in [2.45, 2.75) is 13.8 Å². The van der Waals surface area contributed by atoms with E-state index in [1.165, 1.54) is 0 Å². The summed E-state index contributed by atoms with van der Waals surface area (Å²) in [6.07, 6.45) is 0. The quantitative estimate of drug-likeness (QED) is 0.853. The van der Waals surface area contributed by atoms with Crippen LogP contribution in [-0.2, 0) is 0 Å². The molecule has 0 saturated carbocycles. The number of methoxy groups -OCH3 is 2. The van der Waals surface area contributed by atoms with Gasteiger partial charge in [0.15, 0.2) is 0 Å². The maximum atomic E-state index is 5.44. The SMILES string of the molecule is CCN1CCN(c2nc(C)cc(Nc3cc(OC)ccc3OC)n2)CC1. The van der Waals surface area contributed by atoms with Gasteiger partial charge in [0.25, 0.3) is 0 Å². The molecule has 0 amide bonds. The summed E-state index contributed by atoms with van der Waals surface area (Å²) >= 11 is 0. The van der Waals surface area contributed by atoms with Crippen molar-refractivity contribution >= 4 is 17.5 Å². The van der Waals surface area contributed by atoms with Crippen LogP contribution in [0.3, 0.4) is 0 Å². The largest absolute Gasteiger partial charge is 0.497 e. The van der Waals surface area contributed by atoms with E-state index in [1.807, 2.05) is 31.2 Å². The predicted molar refractivity (Wildman–Crippen MR) is 104 cm³/mol. The summed E-state index contributed by atoms with van der Waals surface area (Å²) in [6.45, 7) is 9.24. The number of piperazine rings is 1. The highest BCUT2D eigenvalue weighted by Gasteiger charge is 2.19. The Bertz CT molecular complexity index is 745. The van der Waals surface area contributed by atoms with Crippen molar-refractivity contribution in [2.75, 3.05) is 57.2 Å². The van der Waals surface area contributed by atoms with Gasteiger partial charge in [-0.1, -0.05) is 6.92 Å². The number of anilines is 3. The van der Waals surface area contributed by atoms with Crippen LogP contribution in [0.5, 0.6) is 11.5 Å². The fourth-order valence-corrected chi connectivity index (χ4v) is 3.07. The van der Waals surface area contributed by atoms with Gasteiger partial charge in [-0.3, -0.25) is 0 Å². The molecule has 0 atom stereocenters. The molecular formula is C19H27N5O2. The molecule has 0 aliphatic carbocycles. The van der Waals surface area contributed by atoms with Crippen LogP contribution in [0.4, 0.5) is 17.5 Å². The lowest BCUT2D eigenvalue weighted by atomic mass is 10.2. The second kappa shape index (κ2) is 8.23. The molecule has 1 aliphatic rings. The first-order valence-corrected chi connectivity index (χ1v) is 8.95. The van der Waals surface area contributed by atoms with Crippen LogP contribution in [0.15, 0.2) is 24.3 Å². The van der Waals surface area contributed by atoms with E-state index in [0.29, 0.717) is 0 Å². The van der Waals surface area contributed by atoms with Crippen LogP contribution in [0.25, 0.3) is 0 Å². The third-order valence-corrected chi connectivity index (χ3v) is 4.61. The Balaban J connectivity index is 1.82. The number of aryl methyl sites for hydroxylation is 1. The monoisotopic (exact) mass is 357 g/mol. The Morgan fingerprint density at radius 1 is 1.04 bits per heavy atom.